The molecule has 0 atom stereocenters. The Kier molecular flexibility index (Phi) is 4.85. The average molecular weight is 389 g/mol. The average Bonchev–Trinajstić information content (AvgIpc) is 2.46. The molecule has 1 aliphatic rings. The lowest BCUT2D eigenvalue weighted by molar-refractivity contribution is -0.143. The smallest absolute Gasteiger partial charge is 0.306 e. The molecule has 0 bridgehead atoms. The van der Waals surface area contributed by atoms with Crippen molar-refractivity contribution in [2.75, 3.05) is 20.2 Å². The summed E-state index contributed by atoms with van der Waals surface area (Å²) >= 11 is 2.11. The van der Waals surface area contributed by atoms with Crippen molar-refractivity contribution in [2.24, 2.45) is 5.92 Å². The molecule has 0 saturated carbocycles. The summed E-state index contributed by atoms with van der Waals surface area (Å²) < 4.78 is 5.96. The van der Waals surface area contributed by atoms with E-state index in [4.69, 9.17) is 9.84 Å². The number of benzene rings is 1. The zero-order valence-corrected chi connectivity index (χ0v) is 13.3. The number of hydrogen-bond acceptors (Lipinski definition) is 3. The van der Waals surface area contributed by atoms with Crippen LogP contribution < -0.4 is 4.74 Å². The van der Waals surface area contributed by atoms with E-state index in [1.165, 1.54) is 0 Å². The maximum atomic E-state index is 12.4. The normalized spacial score (nSPS) is 16.0. The van der Waals surface area contributed by atoms with Gasteiger partial charge in [-0.25, -0.2) is 0 Å². The van der Waals surface area contributed by atoms with Gasteiger partial charge in [0.2, 0.25) is 0 Å². The van der Waals surface area contributed by atoms with E-state index in [1.54, 1.807) is 24.1 Å². The first-order valence-corrected chi connectivity index (χ1v) is 7.46. The summed E-state index contributed by atoms with van der Waals surface area (Å²) in [5.74, 6) is -0.415. The predicted octanol–water partition coefficient (Wildman–Crippen LogP) is 2.24. The highest BCUT2D eigenvalue weighted by Crippen LogP contribution is 2.23. The number of carboxylic acid groups (broad SMARTS) is 1. The molecule has 1 heterocycles. The molecule has 5 nitrogen and oxygen atoms in total. The number of piperidine rings is 1. The van der Waals surface area contributed by atoms with Crippen LogP contribution in [0.3, 0.4) is 0 Å². The standard InChI is InChI=1S/C14H16INO4/c1-20-10-2-3-11(12(15)8-10)13(17)16-6-4-9(5-7-16)14(18)19/h2-3,8-9H,4-7H2,1H3,(H,18,19). The Morgan fingerprint density at radius 3 is 2.50 bits per heavy atom. The van der Waals surface area contributed by atoms with Crippen molar-refractivity contribution in [3.63, 3.8) is 0 Å². The molecular weight excluding hydrogens is 373 g/mol. The quantitative estimate of drug-likeness (QED) is 0.806. The number of aliphatic carboxylic acids is 1. The van der Waals surface area contributed by atoms with Crippen molar-refractivity contribution >= 4 is 34.5 Å². The second kappa shape index (κ2) is 6.43. The maximum absolute atomic E-state index is 12.4. The molecule has 0 spiro atoms. The van der Waals surface area contributed by atoms with E-state index >= 15 is 0 Å². The van der Waals surface area contributed by atoms with E-state index < -0.39 is 5.97 Å². The van der Waals surface area contributed by atoms with Crippen molar-refractivity contribution in [2.45, 2.75) is 12.8 Å². The Morgan fingerprint density at radius 1 is 1.35 bits per heavy atom. The number of carbonyl (C=O) groups excluding carboxylic acids is 1. The molecule has 0 unspecified atom stereocenters. The van der Waals surface area contributed by atoms with Gasteiger partial charge >= 0.3 is 5.97 Å². The molecule has 20 heavy (non-hydrogen) atoms. The van der Waals surface area contributed by atoms with Crippen LogP contribution in [-0.4, -0.2) is 42.1 Å². The van der Waals surface area contributed by atoms with E-state index in [1.807, 2.05) is 6.07 Å². The fraction of sp³-hybridized carbons (Fsp3) is 0.429. The van der Waals surface area contributed by atoms with Gasteiger partial charge in [-0.3, -0.25) is 9.59 Å². The Labute approximate surface area is 131 Å². The highest BCUT2D eigenvalue weighted by molar-refractivity contribution is 14.1. The monoisotopic (exact) mass is 389 g/mol. The Balaban J connectivity index is 2.07. The molecule has 0 aromatic heterocycles. The van der Waals surface area contributed by atoms with Crippen molar-refractivity contribution < 1.29 is 19.4 Å². The van der Waals surface area contributed by atoms with Gasteiger partial charge in [-0.2, -0.15) is 0 Å². The molecule has 1 N–H and O–H groups in total. The van der Waals surface area contributed by atoms with Crippen molar-refractivity contribution in [1.82, 2.24) is 4.90 Å². The van der Waals surface area contributed by atoms with E-state index in [0.29, 0.717) is 31.5 Å². The minimum Gasteiger partial charge on any atom is -0.497 e. The van der Waals surface area contributed by atoms with Gasteiger partial charge in [-0.15, -0.1) is 0 Å². The minimum absolute atomic E-state index is 0.0408. The molecule has 1 saturated heterocycles. The van der Waals surface area contributed by atoms with Gasteiger partial charge in [-0.1, -0.05) is 0 Å². The molecule has 108 valence electrons. The Bertz CT molecular complexity index is 524. The molecule has 1 fully saturated rings. The van der Waals surface area contributed by atoms with Crippen LogP contribution in [0.4, 0.5) is 0 Å². The van der Waals surface area contributed by atoms with Crippen LogP contribution in [-0.2, 0) is 4.79 Å². The van der Waals surface area contributed by atoms with Crippen molar-refractivity contribution in [3.8, 4) is 5.75 Å². The molecule has 0 aliphatic carbocycles. The fourth-order valence-electron chi connectivity index (χ4n) is 2.30. The van der Waals surface area contributed by atoms with Gasteiger partial charge in [0.15, 0.2) is 0 Å². The van der Waals surface area contributed by atoms with Crippen LogP contribution in [0.25, 0.3) is 0 Å². The lowest BCUT2D eigenvalue weighted by Gasteiger charge is -2.30. The van der Waals surface area contributed by atoms with Crippen LogP contribution in [0.1, 0.15) is 23.2 Å². The molecule has 1 amide bonds. The molecule has 1 aliphatic heterocycles. The van der Waals surface area contributed by atoms with Crippen LogP contribution in [0.15, 0.2) is 18.2 Å². The van der Waals surface area contributed by atoms with Crippen LogP contribution in [0, 0.1) is 9.49 Å². The molecule has 0 radical (unpaired) electrons. The number of ether oxygens (including phenoxy) is 1. The van der Waals surface area contributed by atoms with E-state index in [-0.39, 0.29) is 11.8 Å². The number of rotatable bonds is 3. The third-order valence-electron chi connectivity index (χ3n) is 3.54. The molecule has 2 rings (SSSR count). The topological polar surface area (TPSA) is 66.8 Å². The van der Waals surface area contributed by atoms with Gasteiger partial charge in [0, 0.05) is 16.7 Å². The van der Waals surface area contributed by atoms with E-state index in [0.717, 1.165) is 9.32 Å². The van der Waals surface area contributed by atoms with Crippen molar-refractivity contribution in [1.29, 1.82) is 0 Å². The summed E-state index contributed by atoms with van der Waals surface area (Å²) in [6, 6.07) is 5.34. The summed E-state index contributed by atoms with van der Waals surface area (Å²) in [6.07, 6.45) is 1.04. The Hall–Kier alpha value is -1.31. The SMILES string of the molecule is COc1ccc(C(=O)N2CCC(C(=O)O)CC2)c(I)c1. The summed E-state index contributed by atoms with van der Waals surface area (Å²) in [4.78, 5) is 25.1. The number of amides is 1. The highest BCUT2D eigenvalue weighted by atomic mass is 127. The largest absolute Gasteiger partial charge is 0.497 e. The van der Waals surface area contributed by atoms with E-state index in [2.05, 4.69) is 22.6 Å². The summed E-state index contributed by atoms with van der Waals surface area (Å²) in [6.45, 7) is 0.996. The summed E-state index contributed by atoms with van der Waals surface area (Å²) in [5, 5.41) is 8.96. The van der Waals surface area contributed by atoms with Crippen LogP contribution in [0.5, 0.6) is 5.75 Å². The van der Waals surface area contributed by atoms with Gasteiger partial charge in [-0.05, 0) is 53.6 Å². The van der Waals surface area contributed by atoms with Gasteiger partial charge in [0.05, 0.1) is 18.6 Å². The zero-order chi connectivity index (χ0) is 14.7. The van der Waals surface area contributed by atoms with E-state index in [9.17, 15) is 9.59 Å². The number of halogens is 1. The second-order valence-electron chi connectivity index (χ2n) is 4.75. The summed E-state index contributed by atoms with van der Waals surface area (Å²) in [7, 11) is 1.59. The lowest BCUT2D eigenvalue weighted by atomic mass is 9.96. The maximum Gasteiger partial charge on any atom is 0.306 e. The van der Waals surface area contributed by atoms with Gasteiger partial charge in [0.25, 0.3) is 5.91 Å². The van der Waals surface area contributed by atoms with Crippen LogP contribution in [0.2, 0.25) is 0 Å². The third kappa shape index (κ3) is 3.23. The molecule has 6 heteroatoms. The van der Waals surface area contributed by atoms with Crippen molar-refractivity contribution in [3.05, 3.63) is 27.3 Å². The van der Waals surface area contributed by atoms with Gasteiger partial charge in [0.1, 0.15) is 5.75 Å². The fourth-order valence-corrected chi connectivity index (χ4v) is 3.01. The first-order valence-electron chi connectivity index (χ1n) is 6.38. The second-order valence-corrected chi connectivity index (χ2v) is 5.91. The lowest BCUT2D eigenvalue weighted by Crippen LogP contribution is -2.40. The minimum atomic E-state index is -0.767. The highest BCUT2D eigenvalue weighted by Gasteiger charge is 2.28. The first-order chi connectivity index (χ1) is 9.52. The first kappa shape index (κ1) is 15.1. The zero-order valence-electron chi connectivity index (χ0n) is 11.1. The molecular formula is C14H16INO4. The number of likely N-dealkylation sites (tertiary alicyclic amines) is 1. The van der Waals surface area contributed by atoms with Gasteiger partial charge < -0.3 is 14.7 Å². The molecule has 1 aromatic carbocycles. The number of carbonyl (C=O) groups is 2. The van der Waals surface area contributed by atoms with Crippen LogP contribution >= 0.6 is 22.6 Å². The number of carboxylic acids is 1. The summed E-state index contributed by atoms with van der Waals surface area (Å²) in [5.41, 5.74) is 0.639. The molecule has 1 aromatic rings. The number of hydrogen-bond donors (Lipinski definition) is 1. The predicted molar refractivity (Wildman–Crippen MR) is 82.0 cm³/mol. The number of nitrogens with zero attached hydrogens (tertiary/aromatic N) is 1. The third-order valence-corrected chi connectivity index (χ3v) is 4.43. The Morgan fingerprint density at radius 2 is 2.00 bits per heavy atom. The number of methoxy groups -OCH3 is 1.